The average Bonchev–Trinajstić information content (AvgIpc) is 3.59. The molecular formula is C28H21N3O4. The average molecular weight is 463 g/mol. The van der Waals surface area contributed by atoms with Gasteiger partial charge in [-0.3, -0.25) is 9.59 Å². The molecule has 0 aliphatic carbocycles. The summed E-state index contributed by atoms with van der Waals surface area (Å²) in [5, 5.41) is 5.72. The minimum Gasteiger partial charge on any atom is -0.472 e. The molecule has 4 N–H and O–H groups in total. The lowest BCUT2D eigenvalue weighted by molar-refractivity contribution is 0.102. The molecule has 3 aromatic carbocycles. The Kier molecular flexibility index (Phi) is 5.88. The third-order valence-corrected chi connectivity index (χ3v) is 5.43. The third kappa shape index (κ3) is 4.99. The standard InChI is InChI=1S/C28H21N3O4/c29-24-12-22(27(32)30-25-5-1-3-18(14-25)20-7-9-34-16-20)11-23(13-24)28(33)31-26-6-2-4-19(15-26)21-8-10-35-17-21/h1-17H,29H2,(H,30,32)(H,31,33). The van der Waals surface area contributed by atoms with Crippen LogP contribution in [0.2, 0.25) is 0 Å². The van der Waals surface area contributed by atoms with E-state index in [1.165, 1.54) is 18.2 Å². The number of nitrogens with two attached hydrogens (primary N) is 1. The van der Waals surface area contributed by atoms with Gasteiger partial charge in [0.15, 0.2) is 0 Å². The van der Waals surface area contributed by atoms with Gasteiger partial charge in [0.25, 0.3) is 11.8 Å². The van der Waals surface area contributed by atoms with Crippen LogP contribution in [0.3, 0.4) is 0 Å². The van der Waals surface area contributed by atoms with E-state index in [0.717, 1.165) is 22.3 Å². The number of anilines is 3. The molecule has 0 saturated carbocycles. The Hall–Kier alpha value is -5.04. The number of furan rings is 2. The van der Waals surface area contributed by atoms with Gasteiger partial charge < -0.3 is 25.2 Å². The molecule has 0 aliphatic heterocycles. The smallest absolute Gasteiger partial charge is 0.255 e. The molecule has 0 saturated heterocycles. The van der Waals surface area contributed by atoms with E-state index in [-0.39, 0.29) is 22.9 Å². The number of benzene rings is 3. The van der Waals surface area contributed by atoms with E-state index in [2.05, 4.69) is 10.6 Å². The quantitative estimate of drug-likeness (QED) is 0.256. The second-order valence-corrected chi connectivity index (χ2v) is 7.94. The second-order valence-electron chi connectivity index (χ2n) is 7.94. The van der Waals surface area contributed by atoms with Crippen LogP contribution < -0.4 is 16.4 Å². The van der Waals surface area contributed by atoms with Crippen molar-refractivity contribution in [1.29, 1.82) is 0 Å². The molecule has 2 heterocycles. The van der Waals surface area contributed by atoms with Crippen molar-refractivity contribution in [1.82, 2.24) is 0 Å². The summed E-state index contributed by atoms with van der Waals surface area (Å²) in [6.45, 7) is 0. The Morgan fingerprint density at radius 3 is 1.51 bits per heavy atom. The summed E-state index contributed by atoms with van der Waals surface area (Å²) in [5.41, 5.74) is 11.7. The summed E-state index contributed by atoms with van der Waals surface area (Å²) in [5.74, 6) is -0.754. The van der Waals surface area contributed by atoms with Gasteiger partial charge in [-0.15, -0.1) is 0 Å². The number of nitrogen functional groups attached to an aromatic ring is 1. The molecule has 2 amide bonds. The lowest BCUT2D eigenvalue weighted by Gasteiger charge is -2.11. The van der Waals surface area contributed by atoms with Crippen LogP contribution >= 0.6 is 0 Å². The van der Waals surface area contributed by atoms with Crippen LogP contribution in [0.1, 0.15) is 20.7 Å². The van der Waals surface area contributed by atoms with Crippen LogP contribution in [0.4, 0.5) is 17.1 Å². The molecule has 0 spiro atoms. The fraction of sp³-hybridized carbons (Fsp3) is 0. The highest BCUT2D eigenvalue weighted by Gasteiger charge is 2.14. The number of carbonyl (C=O) groups is 2. The molecule has 0 fully saturated rings. The van der Waals surface area contributed by atoms with Gasteiger partial charge >= 0.3 is 0 Å². The lowest BCUT2D eigenvalue weighted by Crippen LogP contribution is -2.16. The Labute approximate surface area is 201 Å². The summed E-state index contributed by atoms with van der Waals surface area (Å²) in [4.78, 5) is 25.9. The van der Waals surface area contributed by atoms with E-state index >= 15 is 0 Å². The van der Waals surface area contributed by atoms with Crippen LogP contribution in [0.25, 0.3) is 22.3 Å². The van der Waals surface area contributed by atoms with E-state index in [0.29, 0.717) is 17.1 Å². The predicted octanol–water partition coefficient (Wildman–Crippen LogP) is 6.29. The Balaban J connectivity index is 1.33. The van der Waals surface area contributed by atoms with Gasteiger partial charge in [-0.1, -0.05) is 24.3 Å². The van der Waals surface area contributed by atoms with Crippen LogP contribution in [0, 0.1) is 0 Å². The summed E-state index contributed by atoms with van der Waals surface area (Å²) in [6.07, 6.45) is 6.45. The first-order valence-electron chi connectivity index (χ1n) is 10.8. The summed E-state index contributed by atoms with van der Waals surface area (Å²) in [6, 6.07) is 23.0. The second kappa shape index (κ2) is 9.44. The van der Waals surface area contributed by atoms with Crippen molar-refractivity contribution in [3.8, 4) is 22.3 Å². The lowest BCUT2D eigenvalue weighted by atomic mass is 10.1. The molecule has 172 valence electrons. The maximum absolute atomic E-state index is 12.9. The highest BCUT2D eigenvalue weighted by molar-refractivity contribution is 6.09. The zero-order valence-electron chi connectivity index (χ0n) is 18.5. The molecule has 0 aliphatic rings. The van der Waals surface area contributed by atoms with E-state index in [9.17, 15) is 9.59 Å². The van der Waals surface area contributed by atoms with Gasteiger partial charge in [-0.05, 0) is 65.7 Å². The van der Waals surface area contributed by atoms with Gasteiger partial charge in [0.05, 0.1) is 25.1 Å². The van der Waals surface area contributed by atoms with Crippen molar-refractivity contribution in [2.75, 3.05) is 16.4 Å². The minimum atomic E-state index is -0.377. The minimum absolute atomic E-state index is 0.274. The number of hydrogen-bond donors (Lipinski definition) is 3. The number of amides is 2. The molecular weight excluding hydrogens is 442 g/mol. The van der Waals surface area contributed by atoms with Crippen molar-refractivity contribution in [2.24, 2.45) is 0 Å². The topological polar surface area (TPSA) is 111 Å². The molecule has 35 heavy (non-hydrogen) atoms. The zero-order chi connectivity index (χ0) is 24.2. The number of hydrogen-bond acceptors (Lipinski definition) is 5. The zero-order valence-corrected chi connectivity index (χ0v) is 18.5. The first-order valence-corrected chi connectivity index (χ1v) is 10.8. The van der Waals surface area contributed by atoms with Crippen molar-refractivity contribution >= 4 is 28.9 Å². The largest absolute Gasteiger partial charge is 0.472 e. The first-order chi connectivity index (χ1) is 17.0. The van der Waals surface area contributed by atoms with Gasteiger partial charge in [0, 0.05) is 39.3 Å². The van der Waals surface area contributed by atoms with E-state index < -0.39 is 0 Å². The van der Waals surface area contributed by atoms with Crippen LogP contribution in [0.15, 0.2) is 113 Å². The van der Waals surface area contributed by atoms with Gasteiger partial charge in [-0.25, -0.2) is 0 Å². The van der Waals surface area contributed by atoms with Gasteiger partial charge in [0.2, 0.25) is 0 Å². The van der Waals surface area contributed by atoms with Crippen LogP contribution in [-0.4, -0.2) is 11.8 Å². The molecule has 0 unspecified atom stereocenters. The fourth-order valence-corrected chi connectivity index (χ4v) is 3.73. The molecule has 0 radical (unpaired) electrons. The Morgan fingerprint density at radius 1 is 0.600 bits per heavy atom. The Morgan fingerprint density at radius 2 is 1.09 bits per heavy atom. The summed E-state index contributed by atoms with van der Waals surface area (Å²) in [7, 11) is 0. The van der Waals surface area contributed by atoms with Gasteiger partial charge in [-0.2, -0.15) is 0 Å². The maximum atomic E-state index is 12.9. The molecule has 0 bridgehead atoms. The van der Waals surface area contributed by atoms with Crippen LogP contribution in [-0.2, 0) is 0 Å². The number of nitrogens with one attached hydrogen (secondary N) is 2. The van der Waals surface area contributed by atoms with E-state index in [1.807, 2.05) is 48.5 Å². The third-order valence-electron chi connectivity index (χ3n) is 5.43. The summed E-state index contributed by atoms with van der Waals surface area (Å²) >= 11 is 0. The fourth-order valence-electron chi connectivity index (χ4n) is 3.73. The Bertz CT molecular complexity index is 1380. The maximum Gasteiger partial charge on any atom is 0.255 e. The van der Waals surface area contributed by atoms with Crippen molar-refractivity contribution in [3.63, 3.8) is 0 Å². The molecule has 2 aromatic heterocycles. The van der Waals surface area contributed by atoms with Crippen molar-refractivity contribution in [3.05, 3.63) is 115 Å². The molecule has 0 atom stereocenters. The molecule has 7 nitrogen and oxygen atoms in total. The van der Waals surface area contributed by atoms with Crippen molar-refractivity contribution < 1.29 is 18.4 Å². The van der Waals surface area contributed by atoms with Crippen molar-refractivity contribution in [2.45, 2.75) is 0 Å². The highest BCUT2D eigenvalue weighted by atomic mass is 16.3. The number of rotatable bonds is 6. The molecule has 5 rings (SSSR count). The molecule has 5 aromatic rings. The van der Waals surface area contributed by atoms with Gasteiger partial charge in [0.1, 0.15) is 0 Å². The van der Waals surface area contributed by atoms with E-state index in [4.69, 9.17) is 14.6 Å². The van der Waals surface area contributed by atoms with E-state index in [1.54, 1.807) is 37.2 Å². The van der Waals surface area contributed by atoms with Crippen LogP contribution in [0.5, 0.6) is 0 Å². The highest BCUT2D eigenvalue weighted by Crippen LogP contribution is 2.25. The molecule has 7 heteroatoms. The monoisotopic (exact) mass is 463 g/mol. The normalized spacial score (nSPS) is 10.6. The number of carbonyl (C=O) groups excluding carboxylic acids is 2. The SMILES string of the molecule is Nc1cc(C(=O)Nc2cccc(-c3ccoc3)c2)cc(C(=O)Nc2cccc(-c3ccoc3)c2)c1. The first kappa shape index (κ1) is 21.8. The predicted molar refractivity (Wildman–Crippen MR) is 135 cm³/mol. The summed E-state index contributed by atoms with van der Waals surface area (Å²) < 4.78 is 10.3.